The minimum Gasteiger partial charge on any atom is -0.492 e. The van der Waals surface area contributed by atoms with Crippen molar-refractivity contribution in [2.75, 3.05) is 6.61 Å². The number of aliphatic hydroxyl groups excluding tert-OH is 1. The van der Waals surface area contributed by atoms with Crippen LogP contribution in [0.1, 0.15) is 12.8 Å². The highest BCUT2D eigenvalue weighted by Gasteiger charge is 2.14. The van der Waals surface area contributed by atoms with Crippen molar-refractivity contribution in [3.63, 3.8) is 0 Å². The number of thiophene rings is 1. The van der Waals surface area contributed by atoms with Gasteiger partial charge in [-0.15, -0.1) is 11.3 Å². The molecule has 2 aromatic heterocycles. The van der Waals surface area contributed by atoms with Crippen LogP contribution in [0.25, 0.3) is 10.7 Å². The van der Waals surface area contributed by atoms with E-state index in [2.05, 4.69) is 10.1 Å². The molecule has 5 nitrogen and oxygen atoms in total. The van der Waals surface area contributed by atoms with Crippen molar-refractivity contribution in [3.05, 3.63) is 17.3 Å². The van der Waals surface area contributed by atoms with Crippen molar-refractivity contribution in [2.24, 2.45) is 0 Å². The molecule has 0 spiro atoms. The van der Waals surface area contributed by atoms with Crippen LogP contribution in [0.5, 0.6) is 5.75 Å². The smallest absolute Gasteiger partial charge is 0.252 e. The van der Waals surface area contributed by atoms with E-state index in [1.54, 1.807) is 0 Å². The molecule has 80 valence electrons. The summed E-state index contributed by atoms with van der Waals surface area (Å²) in [5.41, 5.74) is 0. The number of rotatable bonds is 4. The van der Waals surface area contributed by atoms with E-state index >= 15 is 0 Å². The Kier molecular flexibility index (Phi) is 2.98. The number of hydrogen-bond donors (Lipinski definition) is 1. The number of ether oxygens (including phenoxy) is 1. The van der Waals surface area contributed by atoms with Gasteiger partial charge in [0, 0.05) is 0 Å². The highest BCUT2D eigenvalue weighted by atomic mass is 32.1. The van der Waals surface area contributed by atoms with Gasteiger partial charge in [-0.2, -0.15) is 4.98 Å². The van der Waals surface area contributed by atoms with Crippen LogP contribution >= 0.6 is 11.3 Å². The first-order valence-electron chi connectivity index (χ1n) is 4.49. The predicted molar refractivity (Wildman–Crippen MR) is 54.7 cm³/mol. The van der Waals surface area contributed by atoms with Gasteiger partial charge >= 0.3 is 0 Å². The number of hydrogen-bond acceptors (Lipinski definition) is 6. The van der Waals surface area contributed by atoms with Crippen LogP contribution in [0.2, 0.25) is 0 Å². The Morgan fingerprint density at radius 2 is 2.47 bits per heavy atom. The van der Waals surface area contributed by atoms with Crippen molar-refractivity contribution in [1.29, 1.82) is 0 Å². The molecule has 0 aliphatic rings. The van der Waals surface area contributed by atoms with Gasteiger partial charge in [0.2, 0.25) is 5.82 Å². The van der Waals surface area contributed by atoms with Crippen molar-refractivity contribution in [2.45, 2.75) is 13.5 Å². The predicted octanol–water partition coefficient (Wildman–Crippen LogP) is 1.69. The standard InChI is InChI=1S/C9H10N2O3S/c1-2-13-6-3-4-15-8(6)9-10-7(5-12)14-11-9/h3-4,12H,2,5H2,1H3. The molecule has 0 aliphatic carbocycles. The van der Waals surface area contributed by atoms with Gasteiger partial charge in [0.05, 0.1) is 6.61 Å². The summed E-state index contributed by atoms with van der Waals surface area (Å²) in [5, 5.41) is 14.5. The minimum absolute atomic E-state index is 0.209. The van der Waals surface area contributed by atoms with Gasteiger partial charge in [0.1, 0.15) is 17.2 Å². The molecule has 15 heavy (non-hydrogen) atoms. The first-order valence-corrected chi connectivity index (χ1v) is 5.37. The Balaban J connectivity index is 2.31. The Bertz CT molecular complexity index is 438. The molecule has 0 aromatic carbocycles. The second-order valence-corrected chi connectivity index (χ2v) is 3.63. The van der Waals surface area contributed by atoms with Crippen molar-refractivity contribution in [3.8, 4) is 16.5 Å². The van der Waals surface area contributed by atoms with E-state index in [-0.39, 0.29) is 12.5 Å². The van der Waals surface area contributed by atoms with E-state index < -0.39 is 0 Å². The molecule has 2 rings (SSSR count). The molecule has 2 aromatic rings. The largest absolute Gasteiger partial charge is 0.492 e. The zero-order valence-corrected chi connectivity index (χ0v) is 8.95. The van der Waals surface area contributed by atoms with Crippen LogP contribution in [0.15, 0.2) is 16.0 Å². The summed E-state index contributed by atoms with van der Waals surface area (Å²) in [5.74, 6) is 1.41. The molecule has 6 heteroatoms. The molecule has 0 amide bonds. The van der Waals surface area contributed by atoms with Crippen LogP contribution in [-0.4, -0.2) is 21.9 Å². The summed E-state index contributed by atoms with van der Waals surface area (Å²) in [7, 11) is 0. The summed E-state index contributed by atoms with van der Waals surface area (Å²) in [6.07, 6.45) is 0. The molecule has 0 radical (unpaired) electrons. The molecule has 0 aliphatic heterocycles. The Morgan fingerprint density at radius 1 is 1.60 bits per heavy atom. The second-order valence-electron chi connectivity index (χ2n) is 2.72. The maximum absolute atomic E-state index is 8.80. The van der Waals surface area contributed by atoms with E-state index in [1.165, 1.54) is 11.3 Å². The second kappa shape index (κ2) is 4.41. The quantitative estimate of drug-likeness (QED) is 0.859. The summed E-state index contributed by atoms with van der Waals surface area (Å²) in [6, 6.07) is 1.86. The van der Waals surface area contributed by atoms with Gasteiger partial charge in [-0.3, -0.25) is 0 Å². The third-order valence-corrected chi connectivity index (χ3v) is 2.63. The van der Waals surface area contributed by atoms with Gasteiger partial charge in [-0.05, 0) is 18.4 Å². The molecule has 0 unspecified atom stereocenters. The highest BCUT2D eigenvalue weighted by Crippen LogP contribution is 2.33. The van der Waals surface area contributed by atoms with Crippen LogP contribution in [-0.2, 0) is 6.61 Å². The Hall–Kier alpha value is -1.40. The van der Waals surface area contributed by atoms with Gasteiger partial charge in [0.25, 0.3) is 5.89 Å². The molecular formula is C9H10N2O3S. The summed E-state index contributed by atoms with van der Waals surface area (Å²) in [4.78, 5) is 4.84. The maximum atomic E-state index is 8.80. The lowest BCUT2D eigenvalue weighted by atomic mass is 10.4. The van der Waals surface area contributed by atoms with Crippen LogP contribution in [0, 0.1) is 0 Å². The normalized spacial score (nSPS) is 10.5. The Labute approximate surface area is 90.3 Å². The molecule has 0 bridgehead atoms. The fourth-order valence-electron chi connectivity index (χ4n) is 1.14. The van der Waals surface area contributed by atoms with Crippen molar-refractivity contribution >= 4 is 11.3 Å². The zero-order chi connectivity index (χ0) is 10.7. The Morgan fingerprint density at radius 3 is 3.13 bits per heavy atom. The monoisotopic (exact) mass is 226 g/mol. The number of aromatic nitrogens is 2. The number of nitrogens with zero attached hydrogens (tertiary/aromatic N) is 2. The number of aliphatic hydroxyl groups is 1. The topological polar surface area (TPSA) is 68.4 Å². The lowest BCUT2D eigenvalue weighted by Crippen LogP contribution is -1.91. The van der Waals surface area contributed by atoms with Gasteiger partial charge < -0.3 is 14.4 Å². The van der Waals surface area contributed by atoms with E-state index in [9.17, 15) is 0 Å². The molecule has 0 atom stereocenters. The van der Waals surface area contributed by atoms with E-state index in [1.807, 2.05) is 18.4 Å². The molecule has 2 heterocycles. The van der Waals surface area contributed by atoms with Crippen LogP contribution < -0.4 is 4.74 Å². The fourth-order valence-corrected chi connectivity index (χ4v) is 1.90. The van der Waals surface area contributed by atoms with Gasteiger partial charge in [0.15, 0.2) is 0 Å². The minimum atomic E-state index is -0.248. The SMILES string of the molecule is CCOc1ccsc1-c1noc(CO)n1. The average Bonchev–Trinajstić information content (AvgIpc) is 2.85. The van der Waals surface area contributed by atoms with Crippen molar-refractivity contribution in [1.82, 2.24) is 10.1 Å². The average molecular weight is 226 g/mol. The fraction of sp³-hybridized carbons (Fsp3) is 0.333. The molecule has 0 fully saturated rings. The molecule has 1 N–H and O–H groups in total. The highest BCUT2D eigenvalue weighted by molar-refractivity contribution is 7.13. The van der Waals surface area contributed by atoms with E-state index in [4.69, 9.17) is 14.4 Å². The third kappa shape index (κ3) is 2.00. The summed E-state index contributed by atoms with van der Waals surface area (Å²) >= 11 is 1.47. The lowest BCUT2D eigenvalue weighted by Gasteiger charge is -2.00. The molecule has 0 saturated heterocycles. The van der Waals surface area contributed by atoms with Crippen LogP contribution in [0.4, 0.5) is 0 Å². The van der Waals surface area contributed by atoms with E-state index in [0.717, 1.165) is 10.6 Å². The van der Waals surface area contributed by atoms with E-state index in [0.29, 0.717) is 12.4 Å². The molecular weight excluding hydrogens is 216 g/mol. The van der Waals surface area contributed by atoms with Gasteiger partial charge in [-0.25, -0.2) is 0 Å². The molecule has 0 saturated carbocycles. The zero-order valence-electron chi connectivity index (χ0n) is 8.14. The van der Waals surface area contributed by atoms with Gasteiger partial charge in [-0.1, -0.05) is 5.16 Å². The third-order valence-electron chi connectivity index (χ3n) is 1.74. The first kappa shape index (κ1) is 10.1. The van der Waals surface area contributed by atoms with Crippen molar-refractivity contribution < 1.29 is 14.4 Å². The summed E-state index contributed by atoms with van der Waals surface area (Å²) in [6.45, 7) is 2.26. The maximum Gasteiger partial charge on any atom is 0.252 e. The van der Waals surface area contributed by atoms with Crippen LogP contribution in [0.3, 0.4) is 0 Å². The lowest BCUT2D eigenvalue weighted by molar-refractivity contribution is 0.222. The summed E-state index contributed by atoms with van der Waals surface area (Å²) < 4.78 is 10.2. The first-order chi connectivity index (χ1) is 7.35.